The van der Waals surface area contributed by atoms with E-state index in [1.807, 2.05) is 0 Å². The summed E-state index contributed by atoms with van der Waals surface area (Å²) in [4.78, 5) is 5.14. The van der Waals surface area contributed by atoms with E-state index >= 15 is 0 Å². The van der Waals surface area contributed by atoms with Crippen molar-refractivity contribution < 1.29 is 0 Å². The van der Waals surface area contributed by atoms with Crippen molar-refractivity contribution >= 4 is 27.6 Å². The van der Waals surface area contributed by atoms with Crippen LogP contribution in [0.25, 0.3) is 38.6 Å². The summed E-state index contributed by atoms with van der Waals surface area (Å²) in [5, 5.41) is 10.1. The lowest BCUT2D eigenvalue weighted by atomic mass is 9.82. The van der Waals surface area contributed by atoms with Crippen LogP contribution in [0.4, 0.5) is 0 Å². The van der Waals surface area contributed by atoms with E-state index in [1.165, 1.54) is 55.2 Å². The van der Waals surface area contributed by atoms with Gasteiger partial charge in [-0.05, 0) is 76.6 Å². The Morgan fingerprint density at radius 1 is 0.717 bits per heavy atom. The average molecular weight is 597 g/mol. The second kappa shape index (κ2) is 10.4. The van der Waals surface area contributed by atoms with Gasteiger partial charge in [-0.15, -0.1) is 0 Å². The molecule has 46 heavy (non-hydrogen) atoms. The smallest absolute Gasteiger partial charge is 0.131 e. The maximum atomic E-state index is 5.14. The van der Waals surface area contributed by atoms with Gasteiger partial charge < -0.3 is 9.88 Å². The number of rotatable bonds is 4. The van der Waals surface area contributed by atoms with Crippen LogP contribution in [0.5, 0.6) is 0 Å². The highest BCUT2D eigenvalue weighted by Crippen LogP contribution is 2.51. The largest absolute Gasteiger partial charge is 0.350 e. The first-order chi connectivity index (χ1) is 22.6. The van der Waals surface area contributed by atoms with Crippen LogP contribution in [0, 0.1) is 0 Å². The van der Waals surface area contributed by atoms with Crippen molar-refractivity contribution in [2.75, 3.05) is 0 Å². The molecule has 9 rings (SSSR count). The number of fused-ring (bicyclic) bond motifs is 6. The summed E-state index contributed by atoms with van der Waals surface area (Å²) in [5.74, 6) is 0.911. The Bertz CT molecular complexity index is 2250. The zero-order valence-electron chi connectivity index (χ0n) is 26.2. The Morgan fingerprint density at radius 3 is 2.41 bits per heavy atom. The fraction of sp³-hybridized carbons (Fsp3) is 0.167. The summed E-state index contributed by atoms with van der Waals surface area (Å²) in [5.41, 5.74) is 12.5. The molecule has 0 fully saturated rings. The van der Waals surface area contributed by atoms with Crippen LogP contribution >= 0.6 is 0 Å². The molecule has 2 aliphatic carbocycles. The highest BCUT2D eigenvalue weighted by Gasteiger charge is 2.36. The second-order valence-electron chi connectivity index (χ2n) is 13.2. The number of allylic oxidation sites excluding steroid dienone is 2. The van der Waals surface area contributed by atoms with Gasteiger partial charge in [0.05, 0.1) is 11.0 Å². The topological polar surface area (TPSA) is 41.4 Å². The molecule has 1 aromatic heterocycles. The maximum Gasteiger partial charge on any atom is 0.131 e. The molecule has 224 valence electrons. The summed E-state index contributed by atoms with van der Waals surface area (Å²) in [6, 6.07) is 42.0. The van der Waals surface area contributed by atoms with Gasteiger partial charge in [-0.2, -0.15) is 0 Å². The number of para-hydroxylation sites is 1. The summed E-state index contributed by atoms with van der Waals surface area (Å²) < 4.78 is 2.45. The number of hydrogen-bond acceptors (Lipinski definition) is 3. The number of nitrogens with one attached hydrogen (secondary N) is 2. The fourth-order valence-corrected chi connectivity index (χ4v) is 7.77. The van der Waals surface area contributed by atoms with E-state index in [0.29, 0.717) is 0 Å². The monoisotopic (exact) mass is 596 g/mol. The molecule has 3 aliphatic rings. The van der Waals surface area contributed by atoms with Crippen molar-refractivity contribution in [1.82, 2.24) is 15.2 Å². The molecule has 4 nitrogen and oxygen atoms in total. The number of benzene rings is 5. The summed E-state index contributed by atoms with van der Waals surface area (Å²) >= 11 is 0. The van der Waals surface area contributed by atoms with Gasteiger partial charge in [-0.25, -0.2) is 4.99 Å². The molecule has 0 amide bonds. The number of aliphatic imine (C=N–C) groups is 1. The molecule has 2 atom stereocenters. The molecule has 2 N–H and O–H groups in total. The van der Waals surface area contributed by atoms with E-state index in [4.69, 9.17) is 4.99 Å². The van der Waals surface area contributed by atoms with Gasteiger partial charge in [0, 0.05) is 27.4 Å². The Morgan fingerprint density at radius 2 is 1.54 bits per heavy atom. The Hall–Kier alpha value is -5.19. The highest BCUT2D eigenvalue weighted by atomic mass is 15.3. The lowest BCUT2D eigenvalue weighted by Gasteiger charge is -2.33. The predicted molar refractivity (Wildman–Crippen MR) is 191 cm³/mol. The molecule has 0 radical (unpaired) electrons. The van der Waals surface area contributed by atoms with Crippen molar-refractivity contribution in [2.24, 2.45) is 4.99 Å². The molecule has 0 saturated carbocycles. The van der Waals surface area contributed by atoms with E-state index in [2.05, 4.69) is 163 Å². The van der Waals surface area contributed by atoms with Gasteiger partial charge in [0.25, 0.3) is 0 Å². The molecule has 0 bridgehead atoms. The van der Waals surface area contributed by atoms with Crippen molar-refractivity contribution in [2.45, 2.75) is 44.4 Å². The first-order valence-corrected chi connectivity index (χ1v) is 16.4. The average Bonchev–Trinajstić information content (AvgIpc) is 3.56. The van der Waals surface area contributed by atoms with Gasteiger partial charge in [0.2, 0.25) is 0 Å². The molecule has 5 aromatic carbocycles. The van der Waals surface area contributed by atoms with Gasteiger partial charge >= 0.3 is 0 Å². The van der Waals surface area contributed by atoms with Crippen LogP contribution in [0.1, 0.15) is 55.1 Å². The van der Waals surface area contributed by atoms with Crippen molar-refractivity contribution in [3.05, 3.63) is 161 Å². The van der Waals surface area contributed by atoms with E-state index in [9.17, 15) is 0 Å². The van der Waals surface area contributed by atoms with Crippen LogP contribution in [-0.4, -0.2) is 16.6 Å². The fourth-order valence-electron chi connectivity index (χ4n) is 7.77. The minimum absolute atomic E-state index is 0.0659. The zero-order valence-corrected chi connectivity index (χ0v) is 26.2. The maximum absolute atomic E-state index is 5.14. The third-order valence-corrected chi connectivity index (χ3v) is 10.1. The minimum atomic E-state index is -0.124. The molecule has 2 unspecified atom stereocenters. The third-order valence-electron chi connectivity index (χ3n) is 10.1. The van der Waals surface area contributed by atoms with E-state index < -0.39 is 0 Å². The Balaban J connectivity index is 1.18. The van der Waals surface area contributed by atoms with Crippen LogP contribution < -0.4 is 10.6 Å². The molecule has 1 aliphatic heterocycles. The molecule has 2 heterocycles. The van der Waals surface area contributed by atoms with Crippen molar-refractivity contribution in [3.8, 4) is 16.8 Å². The number of aromatic nitrogens is 1. The van der Waals surface area contributed by atoms with Gasteiger partial charge in [0.15, 0.2) is 0 Å². The number of hydrogen-bond donors (Lipinski definition) is 2. The quantitative estimate of drug-likeness (QED) is 0.213. The third kappa shape index (κ3) is 4.21. The normalized spacial score (nSPS) is 19.8. The van der Waals surface area contributed by atoms with Crippen molar-refractivity contribution in [1.29, 1.82) is 0 Å². The van der Waals surface area contributed by atoms with E-state index in [0.717, 1.165) is 29.9 Å². The SMILES string of the molecule is CC1(C)c2ccccc2-c2cc3c4ccccc4n(-c4cccc(C5NC(c6ccccc6)=NC(C6=CCCC=C6)N5)c4)c3cc21. The summed E-state index contributed by atoms with van der Waals surface area (Å²) in [7, 11) is 0. The molecule has 6 aromatic rings. The minimum Gasteiger partial charge on any atom is -0.350 e. The van der Waals surface area contributed by atoms with Crippen LogP contribution in [0.2, 0.25) is 0 Å². The molecule has 0 spiro atoms. The first-order valence-electron chi connectivity index (χ1n) is 16.4. The molecular formula is C42H36N4. The number of nitrogens with zero attached hydrogens (tertiary/aromatic N) is 2. The summed E-state index contributed by atoms with van der Waals surface area (Å²) in [6.45, 7) is 4.72. The van der Waals surface area contributed by atoms with Crippen LogP contribution in [-0.2, 0) is 5.41 Å². The molecule has 0 saturated heterocycles. The molecular weight excluding hydrogens is 560 g/mol. The lowest BCUT2D eigenvalue weighted by molar-refractivity contribution is 0.434. The Labute approximate surface area is 269 Å². The van der Waals surface area contributed by atoms with E-state index in [-0.39, 0.29) is 17.7 Å². The van der Waals surface area contributed by atoms with Crippen molar-refractivity contribution in [3.63, 3.8) is 0 Å². The Kier molecular flexibility index (Phi) is 6.16. The van der Waals surface area contributed by atoms with Crippen LogP contribution in [0.15, 0.2) is 144 Å². The van der Waals surface area contributed by atoms with Gasteiger partial charge in [-0.1, -0.05) is 117 Å². The number of amidine groups is 1. The first kappa shape index (κ1) is 27.1. The van der Waals surface area contributed by atoms with Gasteiger partial charge in [0.1, 0.15) is 18.2 Å². The predicted octanol–water partition coefficient (Wildman–Crippen LogP) is 9.33. The summed E-state index contributed by atoms with van der Waals surface area (Å²) in [6.07, 6.45) is 8.70. The second-order valence-corrected chi connectivity index (χ2v) is 13.2. The van der Waals surface area contributed by atoms with E-state index in [1.54, 1.807) is 0 Å². The zero-order chi connectivity index (χ0) is 30.8. The molecule has 4 heteroatoms. The van der Waals surface area contributed by atoms with Crippen LogP contribution in [0.3, 0.4) is 0 Å². The highest BCUT2D eigenvalue weighted by molar-refractivity contribution is 6.11. The van der Waals surface area contributed by atoms with Gasteiger partial charge in [-0.3, -0.25) is 5.32 Å². The standard InChI is InChI=1S/C42H36N4/c1-42(2)35-22-11-9-20-31(35)33-25-34-32-21-10-12-23-37(32)46(38(34)26-36(33)42)30-19-13-18-29(24-30)41-44-39(27-14-5-3-6-15-27)43-40(45-41)28-16-7-4-8-17-28/h3,5-7,9-26,40-41,45H,4,8H2,1-2H3,(H,43,44). The lowest BCUT2D eigenvalue weighted by Crippen LogP contribution is -2.49.